The summed E-state index contributed by atoms with van der Waals surface area (Å²) in [6, 6.07) is 2.47. The van der Waals surface area contributed by atoms with Crippen molar-refractivity contribution in [2.45, 2.75) is 56.7 Å². The van der Waals surface area contributed by atoms with E-state index in [1.54, 1.807) is 12.1 Å². The van der Waals surface area contributed by atoms with Gasteiger partial charge in [0.1, 0.15) is 24.4 Å². The second kappa shape index (κ2) is 15.2. The molecule has 3 unspecified atom stereocenters. The van der Waals surface area contributed by atoms with Crippen molar-refractivity contribution in [3.05, 3.63) is 29.8 Å². The molecule has 0 heterocycles. The van der Waals surface area contributed by atoms with E-state index in [-0.39, 0.29) is 31.4 Å². The molecule has 0 spiro atoms. The second-order valence-electron chi connectivity index (χ2n) is 7.93. The van der Waals surface area contributed by atoms with Crippen molar-refractivity contribution in [3.8, 4) is 5.75 Å². The van der Waals surface area contributed by atoms with Gasteiger partial charge in [-0.2, -0.15) is 0 Å². The first-order chi connectivity index (χ1) is 16.5. The number of carboxylic acid groups (broad SMARTS) is 2. The Hall–Kier alpha value is -3.71. The van der Waals surface area contributed by atoms with E-state index in [0.717, 1.165) is 0 Å². The summed E-state index contributed by atoms with van der Waals surface area (Å²) in [5, 5.41) is 34.3. The van der Waals surface area contributed by atoms with Crippen LogP contribution in [0.3, 0.4) is 0 Å². The fraction of sp³-hybridized carbons (Fsp3) is 0.500. The van der Waals surface area contributed by atoms with Gasteiger partial charge in [0.15, 0.2) is 0 Å². The maximum absolute atomic E-state index is 13.0. The number of rotatable bonds is 16. The molecule has 0 radical (unpaired) electrons. The van der Waals surface area contributed by atoms with Gasteiger partial charge in [0, 0.05) is 12.8 Å². The van der Waals surface area contributed by atoms with Crippen LogP contribution in [0, 0.1) is 0 Å². The number of nitrogens with two attached hydrogens (primary N) is 2. The number of hydrogen-bond acceptors (Lipinski definition) is 8. The fourth-order valence-electron chi connectivity index (χ4n) is 3.09. The number of carboxylic acids is 2. The molecule has 13 nitrogen and oxygen atoms in total. The van der Waals surface area contributed by atoms with Gasteiger partial charge >= 0.3 is 11.9 Å². The zero-order valence-electron chi connectivity index (χ0n) is 19.2. The highest BCUT2D eigenvalue weighted by atomic mass is 16.4. The molecule has 0 saturated heterocycles. The maximum Gasteiger partial charge on any atom is 0.322 e. The van der Waals surface area contributed by atoms with E-state index in [1.807, 2.05) is 0 Å². The Morgan fingerprint density at radius 2 is 1.46 bits per heavy atom. The van der Waals surface area contributed by atoms with Crippen molar-refractivity contribution >= 4 is 29.7 Å². The summed E-state index contributed by atoms with van der Waals surface area (Å²) in [6.45, 7) is -0.294. The lowest BCUT2D eigenvalue weighted by atomic mass is 10.0. The first-order valence-corrected chi connectivity index (χ1v) is 11.1. The number of carbonyl (C=O) groups is 5. The zero-order chi connectivity index (χ0) is 26.4. The van der Waals surface area contributed by atoms with Crippen LogP contribution in [-0.4, -0.2) is 76.2 Å². The maximum atomic E-state index is 13.0. The lowest BCUT2D eigenvalue weighted by molar-refractivity contribution is -0.139. The minimum absolute atomic E-state index is 0.00609. The predicted molar refractivity (Wildman–Crippen MR) is 124 cm³/mol. The Morgan fingerprint density at radius 1 is 0.829 bits per heavy atom. The van der Waals surface area contributed by atoms with Crippen molar-refractivity contribution in [1.82, 2.24) is 16.0 Å². The minimum Gasteiger partial charge on any atom is -0.508 e. The van der Waals surface area contributed by atoms with Crippen LogP contribution in [-0.2, 0) is 30.4 Å². The van der Waals surface area contributed by atoms with Crippen LogP contribution in [0.2, 0.25) is 0 Å². The summed E-state index contributed by atoms with van der Waals surface area (Å²) in [6.07, 6.45) is 0.770. The van der Waals surface area contributed by atoms with Gasteiger partial charge < -0.3 is 42.7 Å². The standard InChI is InChI=1S/C22H33N5O8/c23-10-2-1-3-16(26-20(33)15(24)8-9-18(29)30)22(35)27-17(21(34)25-12-19(31)32)11-13-4-6-14(28)7-5-13/h4-7,15-17,28H,1-3,8-12,23-24H2,(H,25,34)(H,26,33)(H,27,35)(H,29,30)(H,31,32). The topological polar surface area (TPSA) is 234 Å². The SMILES string of the molecule is NCCCCC(NC(=O)C(N)CCC(=O)O)C(=O)NC(Cc1ccc(O)cc1)C(=O)NCC(=O)O. The van der Waals surface area contributed by atoms with Gasteiger partial charge in [0.25, 0.3) is 0 Å². The Kier molecular flexibility index (Phi) is 12.8. The molecule has 0 aromatic heterocycles. The fourth-order valence-corrected chi connectivity index (χ4v) is 3.09. The second-order valence-corrected chi connectivity index (χ2v) is 7.93. The van der Waals surface area contributed by atoms with Gasteiger partial charge in [0.2, 0.25) is 17.7 Å². The Balaban J connectivity index is 2.99. The average Bonchev–Trinajstić information content (AvgIpc) is 2.81. The van der Waals surface area contributed by atoms with Crippen molar-refractivity contribution in [2.75, 3.05) is 13.1 Å². The van der Waals surface area contributed by atoms with Gasteiger partial charge in [0.05, 0.1) is 6.04 Å². The molecule has 0 aliphatic carbocycles. The summed E-state index contributed by atoms with van der Waals surface area (Å²) in [4.78, 5) is 59.6. The summed E-state index contributed by atoms with van der Waals surface area (Å²) in [5.74, 6) is -4.55. The summed E-state index contributed by atoms with van der Waals surface area (Å²) < 4.78 is 0. The van der Waals surface area contributed by atoms with Crippen molar-refractivity contribution in [1.29, 1.82) is 0 Å². The van der Waals surface area contributed by atoms with Gasteiger partial charge in [-0.1, -0.05) is 12.1 Å². The third-order valence-electron chi connectivity index (χ3n) is 5.01. The molecule has 3 atom stereocenters. The van der Waals surface area contributed by atoms with Gasteiger partial charge in [-0.05, 0) is 49.9 Å². The molecular weight excluding hydrogens is 462 g/mol. The summed E-state index contributed by atoms with van der Waals surface area (Å²) in [5.41, 5.74) is 11.8. The number of aromatic hydroxyl groups is 1. The average molecular weight is 496 g/mol. The van der Waals surface area contributed by atoms with Crippen LogP contribution < -0.4 is 27.4 Å². The highest BCUT2D eigenvalue weighted by molar-refractivity contribution is 5.93. The third-order valence-corrected chi connectivity index (χ3v) is 5.01. The Labute approximate surface area is 202 Å². The summed E-state index contributed by atoms with van der Waals surface area (Å²) >= 11 is 0. The minimum atomic E-state index is -1.27. The highest BCUT2D eigenvalue weighted by Crippen LogP contribution is 2.12. The number of unbranched alkanes of at least 4 members (excludes halogenated alkanes) is 1. The van der Waals surface area contributed by atoms with E-state index in [0.29, 0.717) is 24.9 Å². The van der Waals surface area contributed by atoms with E-state index in [2.05, 4.69) is 16.0 Å². The quantitative estimate of drug-likeness (QED) is 0.123. The molecule has 194 valence electrons. The van der Waals surface area contributed by atoms with Crippen LogP contribution in [0.25, 0.3) is 0 Å². The van der Waals surface area contributed by atoms with Crippen LogP contribution in [0.15, 0.2) is 24.3 Å². The van der Waals surface area contributed by atoms with E-state index in [9.17, 15) is 29.1 Å². The van der Waals surface area contributed by atoms with E-state index in [1.165, 1.54) is 12.1 Å². The van der Waals surface area contributed by atoms with Gasteiger partial charge in [-0.3, -0.25) is 24.0 Å². The predicted octanol–water partition coefficient (Wildman–Crippen LogP) is -1.57. The molecule has 3 amide bonds. The largest absolute Gasteiger partial charge is 0.508 e. The molecule has 0 saturated carbocycles. The zero-order valence-corrected chi connectivity index (χ0v) is 19.2. The lowest BCUT2D eigenvalue weighted by Crippen LogP contribution is -2.56. The van der Waals surface area contributed by atoms with Gasteiger partial charge in [-0.15, -0.1) is 0 Å². The van der Waals surface area contributed by atoms with Crippen molar-refractivity contribution < 1.29 is 39.3 Å². The number of amides is 3. The molecule has 0 bridgehead atoms. The van der Waals surface area contributed by atoms with Gasteiger partial charge in [-0.25, -0.2) is 0 Å². The monoisotopic (exact) mass is 495 g/mol. The number of nitrogens with one attached hydrogen (secondary N) is 3. The molecule has 10 N–H and O–H groups in total. The first-order valence-electron chi connectivity index (χ1n) is 11.1. The third kappa shape index (κ3) is 11.8. The Bertz CT molecular complexity index is 877. The molecule has 13 heteroatoms. The normalized spacial score (nSPS) is 13.2. The number of hydrogen-bond donors (Lipinski definition) is 8. The first kappa shape index (κ1) is 29.3. The van der Waals surface area contributed by atoms with E-state index < -0.39 is 54.3 Å². The van der Waals surface area contributed by atoms with Crippen LogP contribution in [0.1, 0.15) is 37.7 Å². The van der Waals surface area contributed by atoms with Crippen molar-refractivity contribution in [3.63, 3.8) is 0 Å². The molecular formula is C22H33N5O8. The summed E-state index contributed by atoms with van der Waals surface area (Å²) in [7, 11) is 0. The molecule has 0 aliphatic heterocycles. The molecule has 1 aromatic carbocycles. The molecule has 0 aliphatic rings. The van der Waals surface area contributed by atoms with Crippen LogP contribution in [0.5, 0.6) is 5.75 Å². The number of phenolic OH excluding ortho intramolecular Hbond substituents is 1. The van der Waals surface area contributed by atoms with E-state index in [4.69, 9.17) is 21.7 Å². The molecule has 1 aromatic rings. The molecule has 0 fully saturated rings. The number of aliphatic carboxylic acids is 2. The van der Waals surface area contributed by atoms with E-state index >= 15 is 0 Å². The number of benzene rings is 1. The number of phenols is 1. The smallest absolute Gasteiger partial charge is 0.322 e. The van der Waals surface area contributed by atoms with Crippen LogP contribution >= 0.6 is 0 Å². The molecule has 35 heavy (non-hydrogen) atoms. The Morgan fingerprint density at radius 3 is 2.03 bits per heavy atom. The number of carbonyl (C=O) groups excluding carboxylic acids is 3. The van der Waals surface area contributed by atoms with Crippen LogP contribution in [0.4, 0.5) is 0 Å². The lowest BCUT2D eigenvalue weighted by Gasteiger charge is -2.24. The van der Waals surface area contributed by atoms with Crippen molar-refractivity contribution in [2.24, 2.45) is 11.5 Å². The molecule has 1 rings (SSSR count). The highest BCUT2D eigenvalue weighted by Gasteiger charge is 2.28.